The summed E-state index contributed by atoms with van der Waals surface area (Å²) in [5.41, 5.74) is 0.279. The number of nitro benzene ring substituents is 1. The average molecular weight is 335 g/mol. The van der Waals surface area contributed by atoms with Gasteiger partial charge in [-0.15, -0.1) is 0 Å². The summed E-state index contributed by atoms with van der Waals surface area (Å²) in [5, 5.41) is 10.6. The van der Waals surface area contributed by atoms with Crippen molar-refractivity contribution in [3.63, 3.8) is 0 Å². The van der Waals surface area contributed by atoms with E-state index >= 15 is 0 Å². The zero-order valence-electron chi connectivity index (χ0n) is 13.0. The number of hydrogen-bond donors (Lipinski definition) is 0. The molecule has 0 atom stereocenters. The molecule has 25 heavy (non-hydrogen) atoms. The van der Waals surface area contributed by atoms with Crippen molar-refractivity contribution in [2.24, 2.45) is 0 Å². The zero-order valence-corrected chi connectivity index (χ0v) is 13.0. The van der Waals surface area contributed by atoms with Gasteiger partial charge in [0.25, 0.3) is 5.69 Å². The van der Waals surface area contributed by atoms with Crippen molar-refractivity contribution < 1.29 is 19.2 Å². The summed E-state index contributed by atoms with van der Waals surface area (Å²) in [6.07, 6.45) is 0. The van der Waals surface area contributed by atoms with Crippen LogP contribution in [-0.4, -0.2) is 10.9 Å². The minimum absolute atomic E-state index is 0.0674. The Morgan fingerprint density at radius 3 is 1.92 bits per heavy atom. The molecule has 0 heterocycles. The van der Waals surface area contributed by atoms with Gasteiger partial charge in [0.1, 0.15) is 17.2 Å². The summed E-state index contributed by atoms with van der Waals surface area (Å²) in [5.74, 6) is 0.974. The molecule has 3 aromatic carbocycles. The molecule has 0 radical (unpaired) electrons. The number of ether oxygens (including phenoxy) is 2. The van der Waals surface area contributed by atoms with Gasteiger partial charge in [0, 0.05) is 12.1 Å². The van der Waals surface area contributed by atoms with E-state index in [0.717, 1.165) is 0 Å². The fraction of sp³-hybridized carbons (Fsp3) is 0. The minimum atomic E-state index is -0.555. The molecule has 0 aliphatic rings. The summed E-state index contributed by atoms with van der Waals surface area (Å²) in [6.45, 7) is 0. The van der Waals surface area contributed by atoms with Crippen LogP contribution in [-0.2, 0) is 0 Å². The fourth-order valence-corrected chi connectivity index (χ4v) is 2.09. The normalized spacial score (nSPS) is 10.1. The molecule has 6 nitrogen and oxygen atoms in total. The van der Waals surface area contributed by atoms with Crippen LogP contribution in [0.2, 0.25) is 0 Å². The van der Waals surface area contributed by atoms with Crippen LogP contribution in [0.5, 0.6) is 17.2 Å². The molecule has 0 aliphatic heterocycles. The van der Waals surface area contributed by atoms with Gasteiger partial charge in [-0.1, -0.05) is 18.2 Å². The van der Waals surface area contributed by atoms with E-state index in [4.69, 9.17) is 9.47 Å². The quantitative estimate of drug-likeness (QED) is 0.294. The maximum atomic E-state index is 12.1. The van der Waals surface area contributed by atoms with E-state index in [1.165, 1.54) is 24.3 Å². The van der Waals surface area contributed by atoms with Crippen molar-refractivity contribution >= 4 is 11.7 Å². The second-order valence-electron chi connectivity index (χ2n) is 5.08. The van der Waals surface area contributed by atoms with Gasteiger partial charge in [-0.3, -0.25) is 10.1 Å². The zero-order chi connectivity index (χ0) is 17.6. The number of esters is 1. The highest BCUT2D eigenvalue weighted by atomic mass is 16.6. The van der Waals surface area contributed by atoms with E-state index in [1.807, 2.05) is 30.3 Å². The SMILES string of the molecule is O=C(Oc1ccc([N+](=O)[O-])cc1)c1ccc(Oc2ccccc2)cc1. The molecule has 3 rings (SSSR count). The van der Waals surface area contributed by atoms with Gasteiger partial charge in [-0.25, -0.2) is 4.79 Å². The van der Waals surface area contributed by atoms with Gasteiger partial charge in [0.05, 0.1) is 10.5 Å². The van der Waals surface area contributed by atoms with Crippen molar-refractivity contribution in [2.45, 2.75) is 0 Å². The van der Waals surface area contributed by atoms with Crippen LogP contribution in [0, 0.1) is 10.1 Å². The van der Waals surface area contributed by atoms with Gasteiger partial charge in [-0.05, 0) is 48.5 Å². The number of para-hydroxylation sites is 1. The number of carbonyl (C=O) groups excluding carboxylic acids is 1. The lowest BCUT2D eigenvalue weighted by molar-refractivity contribution is -0.384. The first-order valence-electron chi connectivity index (χ1n) is 7.41. The maximum Gasteiger partial charge on any atom is 0.343 e. The standard InChI is InChI=1S/C19H13NO5/c21-19(25-18-12-8-15(9-13-18)20(22)23)14-6-10-17(11-7-14)24-16-4-2-1-3-5-16/h1-13H. The minimum Gasteiger partial charge on any atom is -0.457 e. The van der Waals surface area contributed by atoms with E-state index in [0.29, 0.717) is 17.1 Å². The van der Waals surface area contributed by atoms with E-state index in [2.05, 4.69) is 0 Å². The van der Waals surface area contributed by atoms with Gasteiger partial charge in [-0.2, -0.15) is 0 Å². The predicted molar refractivity (Wildman–Crippen MR) is 91.0 cm³/mol. The predicted octanol–water partition coefficient (Wildman–Crippen LogP) is 4.61. The second-order valence-corrected chi connectivity index (χ2v) is 5.08. The van der Waals surface area contributed by atoms with Gasteiger partial charge < -0.3 is 9.47 Å². The lowest BCUT2D eigenvalue weighted by Crippen LogP contribution is -2.08. The fourth-order valence-electron chi connectivity index (χ4n) is 2.09. The lowest BCUT2D eigenvalue weighted by atomic mass is 10.2. The van der Waals surface area contributed by atoms with Crippen molar-refractivity contribution in [1.29, 1.82) is 0 Å². The number of nitro groups is 1. The Balaban J connectivity index is 1.65. The number of benzene rings is 3. The van der Waals surface area contributed by atoms with Crippen LogP contribution in [0.4, 0.5) is 5.69 Å². The topological polar surface area (TPSA) is 78.7 Å². The molecule has 0 aromatic heterocycles. The highest BCUT2D eigenvalue weighted by Gasteiger charge is 2.11. The first kappa shape index (κ1) is 16.2. The number of nitrogens with zero attached hydrogens (tertiary/aromatic N) is 1. The second kappa shape index (κ2) is 7.27. The Labute approximate surface area is 143 Å². The van der Waals surface area contributed by atoms with Crippen LogP contribution in [0.3, 0.4) is 0 Å². The van der Waals surface area contributed by atoms with Crippen molar-refractivity contribution in [1.82, 2.24) is 0 Å². The molecule has 0 saturated carbocycles. The first-order chi connectivity index (χ1) is 12.1. The molecule has 124 valence electrons. The molecule has 0 amide bonds. The first-order valence-corrected chi connectivity index (χ1v) is 7.41. The third-order valence-electron chi connectivity index (χ3n) is 3.33. The Morgan fingerprint density at radius 2 is 1.32 bits per heavy atom. The number of rotatable bonds is 5. The third-order valence-corrected chi connectivity index (χ3v) is 3.33. The summed E-state index contributed by atoms with van der Waals surface area (Å²) >= 11 is 0. The molecule has 3 aromatic rings. The monoisotopic (exact) mass is 335 g/mol. The summed E-state index contributed by atoms with van der Waals surface area (Å²) in [6, 6.07) is 21.1. The number of hydrogen-bond acceptors (Lipinski definition) is 5. The summed E-state index contributed by atoms with van der Waals surface area (Å²) in [4.78, 5) is 22.2. The van der Waals surface area contributed by atoms with Crippen molar-refractivity contribution in [3.05, 3.63) is 94.5 Å². The average Bonchev–Trinajstić information content (AvgIpc) is 2.63. The Kier molecular flexibility index (Phi) is 4.71. The maximum absolute atomic E-state index is 12.1. The molecule has 6 heteroatoms. The molecule has 0 unspecified atom stereocenters. The number of non-ortho nitro benzene ring substituents is 1. The molecular weight excluding hydrogens is 322 g/mol. The molecule has 0 aliphatic carbocycles. The van der Waals surface area contributed by atoms with Crippen molar-refractivity contribution in [3.8, 4) is 17.2 Å². The third kappa shape index (κ3) is 4.20. The van der Waals surface area contributed by atoms with E-state index in [1.54, 1.807) is 24.3 Å². The summed E-state index contributed by atoms with van der Waals surface area (Å²) in [7, 11) is 0. The van der Waals surface area contributed by atoms with Crippen LogP contribution in [0.25, 0.3) is 0 Å². The van der Waals surface area contributed by atoms with Crippen LogP contribution < -0.4 is 9.47 Å². The van der Waals surface area contributed by atoms with E-state index in [-0.39, 0.29) is 11.4 Å². The van der Waals surface area contributed by atoms with Gasteiger partial charge in [0.15, 0.2) is 0 Å². The number of carbonyl (C=O) groups is 1. The molecule has 0 fully saturated rings. The summed E-state index contributed by atoms with van der Waals surface area (Å²) < 4.78 is 10.8. The molecule has 0 N–H and O–H groups in total. The smallest absolute Gasteiger partial charge is 0.343 e. The Bertz CT molecular complexity index is 874. The molecular formula is C19H13NO5. The van der Waals surface area contributed by atoms with Gasteiger partial charge >= 0.3 is 5.97 Å². The molecule has 0 bridgehead atoms. The van der Waals surface area contributed by atoms with Crippen LogP contribution in [0.1, 0.15) is 10.4 Å². The highest BCUT2D eigenvalue weighted by molar-refractivity contribution is 5.91. The van der Waals surface area contributed by atoms with E-state index in [9.17, 15) is 14.9 Å². The Hall–Kier alpha value is -3.67. The largest absolute Gasteiger partial charge is 0.457 e. The molecule has 0 spiro atoms. The molecule has 0 saturated heterocycles. The lowest BCUT2D eigenvalue weighted by Gasteiger charge is -2.07. The van der Waals surface area contributed by atoms with E-state index < -0.39 is 10.9 Å². The van der Waals surface area contributed by atoms with Gasteiger partial charge in [0.2, 0.25) is 0 Å². The van der Waals surface area contributed by atoms with Crippen molar-refractivity contribution in [2.75, 3.05) is 0 Å². The highest BCUT2D eigenvalue weighted by Crippen LogP contribution is 2.22. The van der Waals surface area contributed by atoms with Crippen LogP contribution in [0.15, 0.2) is 78.9 Å². The van der Waals surface area contributed by atoms with Crippen LogP contribution >= 0.6 is 0 Å². The Morgan fingerprint density at radius 1 is 0.760 bits per heavy atom.